The molecule has 1 aromatic rings. The first-order valence-electron chi connectivity index (χ1n) is 5.52. The van der Waals surface area contributed by atoms with Gasteiger partial charge >= 0.3 is 0 Å². The van der Waals surface area contributed by atoms with E-state index in [0.29, 0.717) is 6.10 Å². The molecule has 0 amide bonds. The highest BCUT2D eigenvalue weighted by Gasteiger charge is 2.00. The predicted molar refractivity (Wildman–Crippen MR) is 63.9 cm³/mol. The summed E-state index contributed by atoms with van der Waals surface area (Å²) in [5, 5.41) is 0. The predicted octanol–water partition coefficient (Wildman–Crippen LogP) is 2.54. The van der Waals surface area contributed by atoms with Crippen molar-refractivity contribution in [3.63, 3.8) is 0 Å². The molecule has 0 fully saturated rings. The Kier molecular flexibility index (Phi) is 5.37. The number of hydrogen-bond acceptors (Lipinski definition) is 2. The van der Waals surface area contributed by atoms with Crippen molar-refractivity contribution >= 4 is 0 Å². The molecule has 15 heavy (non-hydrogen) atoms. The highest BCUT2D eigenvalue weighted by atomic mass is 16.5. The topological polar surface area (TPSA) is 12.5 Å². The zero-order valence-corrected chi connectivity index (χ0v) is 9.94. The van der Waals surface area contributed by atoms with Crippen molar-refractivity contribution < 1.29 is 4.74 Å². The molecule has 84 valence electrons. The fourth-order valence-corrected chi connectivity index (χ4v) is 1.42. The van der Waals surface area contributed by atoms with Crippen molar-refractivity contribution in [1.29, 1.82) is 0 Å². The summed E-state index contributed by atoms with van der Waals surface area (Å²) in [5.41, 5.74) is 1.35. The summed E-state index contributed by atoms with van der Waals surface area (Å²) in [7, 11) is 2.12. The van der Waals surface area contributed by atoms with Gasteiger partial charge in [0, 0.05) is 13.1 Å². The highest BCUT2D eigenvalue weighted by molar-refractivity contribution is 5.14. The second-order valence-electron chi connectivity index (χ2n) is 4.14. The largest absolute Gasteiger partial charge is 0.377 e. The van der Waals surface area contributed by atoms with Gasteiger partial charge in [0.25, 0.3) is 0 Å². The molecule has 0 unspecified atom stereocenters. The third-order valence-corrected chi connectivity index (χ3v) is 2.22. The van der Waals surface area contributed by atoms with E-state index in [2.05, 4.69) is 50.1 Å². The lowest BCUT2D eigenvalue weighted by Gasteiger charge is -2.17. The summed E-state index contributed by atoms with van der Waals surface area (Å²) in [6.45, 7) is 6.91. The van der Waals surface area contributed by atoms with E-state index in [-0.39, 0.29) is 0 Å². The van der Waals surface area contributed by atoms with Crippen LogP contribution in [0.3, 0.4) is 0 Å². The number of hydrogen-bond donors (Lipinski definition) is 0. The van der Waals surface area contributed by atoms with Gasteiger partial charge in [-0.15, -0.1) is 0 Å². The summed E-state index contributed by atoms with van der Waals surface area (Å²) >= 11 is 0. The Morgan fingerprint density at radius 3 is 2.47 bits per heavy atom. The maximum Gasteiger partial charge on any atom is 0.0596 e. The standard InChI is InChI=1S/C13H21NO/c1-12(2)15-10-9-14(3)11-13-7-5-4-6-8-13/h4-8,12H,9-11H2,1-3H3. The molecule has 0 atom stereocenters. The van der Waals surface area contributed by atoms with Gasteiger partial charge in [0.1, 0.15) is 0 Å². The molecule has 0 N–H and O–H groups in total. The minimum atomic E-state index is 0.329. The lowest BCUT2D eigenvalue weighted by molar-refractivity contribution is 0.0627. The average Bonchev–Trinajstić information content (AvgIpc) is 2.18. The van der Waals surface area contributed by atoms with E-state index >= 15 is 0 Å². The van der Waals surface area contributed by atoms with Crippen molar-refractivity contribution in [2.45, 2.75) is 26.5 Å². The van der Waals surface area contributed by atoms with Gasteiger partial charge in [-0.1, -0.05) is 30.3 Å². The van der Waals surface area contributed by atoms with Gasteiger partial charge in [-0.3, -0.25) is 4.90 Å². The lowest BCUT2D eigenvalue weighted by Crippen LogP contribution is -2.23. The van der Waals surface area contributed by atoms with Crippen LogP contribution in [0.2, 0.25) is 0 Å². The Bertz CT molecular complexity index is 258. The maximum atomic E-state index is 5.51. The van der Waals surface area contributed by atoms with Crippen LogP contribution in [-0.4, -0.2) is 31.2 Å². The first-order valence-corrected chi connectivity index (χ1v) is 5.52. The fourth-order valence-electron chi connectivity index (χ4n) is 1.42. The minimum absolute atomic E-state index is 0.329. The van der Waals surface area contributed by atoms with E-state index in [1.165, 1.54) is 5.56 Å². The zero-order valence-electron chi connectivity index (χ0n) is 9.94. The molecule has 1 rings (SSSR count). The van der Waals surface area contributed by atoms with Gasteiger partial charge in [0.05, 0.1) is 12.7 Å². The number of nitrogens with zero attached hydrogens (tertiary/aromatic N) is 1. The molecular weight excluding hydrogens is 186 g/mol. The van der Waals surface area contributed by atoms with Crippen LogP contribution in [0.5, 0.6) is 0 Å². The summed E-state index contributed by atoms with van der Waals surface area (Å²) in [6, 6.07) is 10.5. The van der Waals surface area contributed by atoms with Gasteiger partial charge in [-0.05, 0) is 26.5 Å². The van der Waals surface area contributed by atoms with E-state index in [4.69, 9.17) is 4.74 Å². The number of likely N-dealkylation sites (N-methyl/N-ethyl adjacent to an activating group) is 1. The number of rotatable bonds is 6. The van der Waals surface area contributed by atoms with Gasteiger partial charge < -0.3 is 4.74 Å². The maximum absolute atomic E-state index is 5.51. The molecule has 1 aromatic carbocycles. The third-order valence-electron chi connectivity index (χ3n) is 2.22. The highest BCUT2D eigenvalue weighted by Crippen LogP contribution is 2.02. The van der Waals surface area contributed by atoms with E-state index in [1.54, 1.807) is 0 Å². The molecule has 0 bridgehead atoms. The molecule has 0 aliphatic carbocycles. The van der Waals surface area contributed by atoms with E-state index < -0.39 is 0 Å². The molecular formula is C13H21NO. The fraction of sp³-hybridized carbons (Fsp3) is 0.538. The minimum Gasteiger partial charge on any atom is -0.377 e. The second-order valence-corrected chi connectivity index (χ2v) is 4.14. The van der Waals surface area contributed by atoms with E-state index in [1.807, 2.05) is 6.07 Å². The molecule has 0 heterocycles. The molecule has 0 aliphatic rings. The summed E-state index contributed by atoms with van der Waals surface area (Å²) < 4.78 is 5.51. The number of benzene rings is 1. The van der Waals surface area contributed by atoms with Crippen LogP contribution in [0.25, 0.3) is 0 Å². The first-order chi connectivity index (χ1) is 7.18. The van der Waals surface area contributed by atoms with Crippen molar-refractivity contribution in [3.05, 3.63) is 35.9 Å². The quantitative estimate of drug-likeness (QED) is 0.711. The first kappa shape index (κ1) is 12.2. The van der Waals surface area contributed by atoms with Crippen molar-refractivity contribution in [3.8, 4) is 0 Å². The number of ether oxygens (including phenoxy) is 1. The molecule has 0 spiro atoms. The normalized spacial score (nSPS) is 11.3. The van der Waals surface area contributed by atoms with Gasteiger partial charge in [-0.2, -0.15) is 0 Å². The monoisotopic (exact) mass is 207 g/mol. The van der Waals surface area contributed by atoms with Gasteiger partial charge in [0.15, 0.2) is 0 Å². The lowest BCUT2D eigenvalue weighted by atomic mass is 10.2. The van der Waals surface area contributed by atoms with Crippen LogP contribution in [0.1, 0.15) is 19.4 Å². The van der Waals surface area contributed by atoms with Crippen molar-refractivity contribution in [1.82, 2.24) is 4.90 Å². The van der Waals surface area contributed by atoms with Crippen LogP contribution in [0, 0.1) is 0 Å². The third kappa shape index (κ3) is 5.55. The zero-order chi connectivity index (χ0) is 11.1. The average molecular weight is 207 g/mol. The van der Waals surface area contributed by atoms with Crippen LogP contribution >= 0.6 is 0 Å². The van der Waals surface area contributed by atoms with E-state index in [0.717, 1.165) is 19.7 Å². The van der Waals surface area contributed by atoms with Crippen LogP contribution in [0.4, 0.5) is 0 Å². The smallest absolute Gasteiger partial charge is 0.0596 e. The van der Waals surface area contributed by atoms with Crippen molar-refractivity contribution in [2.24, 2.45) is 0 Å². The van der Waals surface area contributed by atoms with Gasteiger partial charge in [0.2, 0.25) is 0 Å². The molecule has 2 nitrogen and oxygen atoms in total. The van der Waals surface area contributed by atoms with Crippen molar-refractivity contribution in [2.75, 3.05) is 20.2 Å². The molecule has 2 heteroatoms. The van der Waals surface area contributed by atoms with Crippen LogP contribution in [0.15, 0.2) is 30.3 Å². The SMILES string of the molecule is CC(C)OCCN(C)Cc1ccccc1. The Morgan fingerprint density at radius 1 is 1.20 bits per heavy atom. The molecule has 0 aliphatic heterocycles. The Balaban J connectivity index is 2.21. The van der Waals surface area contributed by atoms with Crippen LogP contribution in [-0.2, 0) is 11.3 Å². The second kappa shape index (κ2) is 6.59. The molecule has 0 aromatic heterocycles. The molecule has 0 saturated heterocycles. The Morgan fingerprint density at radius 2 is 1.87 bits per heavy atom. The summed E-state index contributed by atoms with van der Waals surface area (Å²) in [6.07, 6.45) is 0.329. The summed E-state index contributed by atoms with van der Waals surface area (Å²) in [4.78, 5) is 2.28. The van der Waals surface area contributed by atoms with Gasteiger partial charge in [-0.25, -0.2) is 0 Å². The molecule has 0 saturated carbocycles. The van der Waals surface area contributed by atoms with Crippen LogP contribution < -0.4 is 0 Å². The summed E-state index contributed by atoms with van der Waals surface area (Å²) in [5.74, 6) is 0. The Labute approximate surface area is 92.9 Å². The Hall–Kier alpha value is -0.860. The van der Waals surface area contributed by atoms with E-state index in [9.17, 15) is 0 Å². The molecule has 0 radical (unpaired) electrons.